The van der Waals surface area contributed by atoms with Crippen LogP contribution in [0.4, 0.5) is 20.4 Å². The smallest absolute Gasteiger partial charge is 0.326 e. The third-order valence-corrected chi connectivity index (χ3v) is 7.41. The molecule has 2 aliphatic heterocycles. The fourth-order valence-corrected chi connectivity index (χ4v) is 5.18. The van der Waals surface area contributed by atoms with Crippen LogP contribution in [0.1, 0.15) is 37.3 Å². The highest BCUT2D eigenvalue weighted by atomic mass is 19.1. The highest BCUT2D eigenvalue weighted by Crippen LogP contribution is 2.38. The number of hydrogen-bond acceptors (Lipinski definition) is 8. The van der Waals surface area contributed by atoms with Gasteiger partial charge in [-0.2, -0.15) is 15.2 Å². The van der Waals surface area contributed by atoms with Crippen molar-refractivity contribution in [2.24, 2.45) is 10.9 Å². The number of aliphatic imine (C=N–C) groups is 1. The van der Waals surface area contributed by atoms with E-state index >= 15 is 4.39 Å². The Bertz CT molecular complexity index is 1400. The van der Waals surface area contributed by atoms with Gasteiger partial charge in [0.05, 0.1) is 12.6 Å². The van der Waals surface area contributed by atoms with E-state index in [0.29, 0.717) is 55.6 Å². The van der Waals surface area contributed by atoms with Gasteiger partial charge in [-0.3, -0.25) is 9.89 Å². The first-order valence-corrected chi connectivity index (χ1v) is 13.1. The van der Waals surface area contributed by atoms with E-state index in [4.69, 9.17) is 10.00 Å². The first kappa shape index (κ1) is 24.5. The molecule has 2 aliphatic carbocycles. The molecule has 1 aromatic carbocycles. The summed E-state index contributed by atoms with van der Waals surface area (Å²) in [4.78, 5) is 18.0. The second-order valence-corrected chi connectivity index (χ2v) is 10.3. The molecule has 0 amide bonds. The quantitative estimate of drug-likeness (QED) is 0.569. The molecule has 0 bridgehead atoms. The third-order valence-electron chi connectivity index (χ3n) is 7.41. The average molecular weight is 518 g/mol. The maximum atomic E-state index is 15.3. The molecule has 38 heavy (non-hydrogen) atoms. The number of rotatable bonds is 7. The van der Waals surface area contributed by atoms with Crippen LogP contribution < -0.4 is 15.0 Å². The summed E-state index contributed by atoms with van der Waals surface area (Å²) in [6.45, 7) is 6.27. The Kier molecular flexibility index (Phi) is 6.54. The number of ether oxygens (including phenoxy) is 1. The van der Waals surface area contributed by atoms with Crippen LogP contribution in [0.25, 0.3) is 6.08 Å². The van der Waals surface area contributed by atoms with Gasteiger partial charge in [-0.1, -0.05) is 11.6 Å². The Morgan fingerprint density at radius 2 is 1.95 bits per heavy atom. The van der Waals surface area contributed by atoms with Crippen LogP contribution in [0.3, 0.4) is 0 Å². The molecule has 0 atom stereocenters. The van der Waals surface area contributed by atoms with Crippen molar-refractivity contribution in [3.8, 4) is 17.8 Å². The van der Waals surface area contributed by atoms with E-state index in [2.05, 4.69) is 42.2 Å². The minimum absolute atomic E-state index is 0.0705. The number of piperazine rings is 1. The average Bonchev–Trinajstić information content (AvgIpc) is 3.53. The van der Waals surface area contributed by atoms with Gasteiger partial charge in [-0.05, 0) is 43.8 Å². The lowest BCUT2D eigenvalue weighted by Crippen LogP contribution is -2.46. The van der Waals surface area contributed by atoms with Gasteiger partial charge in [0.15, 0.2) is 11.6 Å². The summed E-state index contributed by atoms with van der Waals surface area (Å²) in [5.41, 5.74) is 2.78. The number of hydrogen-bond donors (Lipinski definition) is 1. The minimum Gasteiger partial charge on any atom is -0.421 e. The SMILES string of the molecule is CC1=Cc2c(F)c(Oc3nc(NC4=NCC(C5CC5)=C4)cc(N4CCN(CCC#N)CC4)n3)cc(F)c2C1. The Hall–Kier alpha value is -3.84. The van der Waals surface area contributed by atoms with Crippen LogP contribution in [0.15, 0.2) is 34.3 Å². The van der Waals surface area contributed by atoms with Crippen LogP contribution in [-0.2, 0) is 6.42 Å². The van der Waals surface area contributed by atoms with Crippen molar-refractivity contribution in [1.29, 1.82) is 5.26 Å². The summed E-state index contributed by atoms with van der Waals surface area (Å²) < 4.78 is 35.9. The van der Waals surface area contributed by atoms with E-state index in [0.717, 1.165) is 37.1 Å². The van der Waals surface area contributed by atoms with E-state index in [1.165, 1.54) is 18.4 Å². The molecule has 6 rings (SSSR count). The topological polar surface area (TPSA) is 89.7 Å². The molecule has 0 spiro atoms. The predicted octanol–water partition coefficient (Wildman–Crippen LogP) is 4.70. The predicted molar refractivity (Wildman–Crippen MR) is 141 cm³/mol. The van der Waals surface area contributed by atoms with Gasteiger partial charge < -0.3 is 15.0 Å². The molecule has 8 nitrogen and oxygen atoms in total. The Morgan fingerprint density at radius 1 is 1.13 bits per heavy atom. The molecule has 1 N–H and O–H groups in total. The summed E-state index contributed by atoms with van der Waals surface area (Å²) in [5.74, 6) is 1.08. The van der Waals surface area contributed by atoms with E-state index in [9.17, 15) is 4.39 Å². The molecular weight excluding hydrogens is 488 g/mol. The number of anilines is 2. The Morgan fingerprint density at radius 3 is 2.71 bits per heavy atom. The van der Waals surface area contributed by atoms with Gasteiger partial charge in [0.1, 0.15) is 23.3 Å². The number of amidine groups is 1. The van der Waals surface area contributed by atoms with Gasteiger partial charge in [0.2, 0.25) is 0 Å². The van der Waals surface area contributed by atoms with Gasteiger partial charge in [0, 0.05) is 62.4 Å². The summed E-state index contributed by atoms with van der Waals surface area (Å²) in [6, 6.07) is 5.02. The first-order valence-electron chi connectivity index (χ1n) is 13.1. The lowest BCUT2D eigenvalue weighted by Gasteiger charge is -2.35. The van der Waals surface area contributed by atoms with Crippen molar-refractivity contribution < 1.29 is 13.5 Å². The summed E-state index contributed by atoms with van der Waals surface area (Å²) in [5, 5.41) is 12.1. The lowest BCUT2D eigenvalue weighted by atomic mass is 10.1. The molecule has 1 saturated carbocycles. The number of fused-ring (bicyclic) bond motifs is 1. The zero-order chi connectivity index (χ0) is 26.2. The molecule has 2 aromatic rings. The van der Waals surface area contributed by atoms with E-state index in [1.54, 1.807) is 6.08 Å². The number of allylic oxidation sites excluding steroid dienone is 1. The second kappa shape index (κ2) is 10.1. The normalized spacial score (nSPS) is 19.0. The van der Waals surface area contributed by atoms with Crippen LogP contribution in [0.5, 0.6) is 11.8 Å². The highest BCUT2D eigenvalue weighted by Gasteiger charge is 2.28. The molecule has 2 fully saturated rings. The van der Waals surface area contributed by atoms with Crippen molar-refractivity contribution >= 4 is 23.5 Å². The van der Waals surface area contributed by atoms with Crippen molar-refractivity contribution in [2.75, 3.05) is 49.5 Å². The fourth-order valence-electron chi connectivity index (χ4n) is 5.18. The van der Waals surface area contributed by atoms with Gasteiger partial charge >= 0.3 is 6.01 Å². The molecule has 3 heterocycles. The first-order chi connectivity index (χ1) is 18.5. The van der Waals surface area contributed by atoms with Crippen LogP contribution in [0.2, 0.25) is 0 Å². The zero-order valence-electron chi connectivity index (χ0n) is 21.3. The van der Waals surface area contributed by atoms with Crippen LogP contribution >= 0.6 is 0 Å². The van der Waals surface area contributed by atoms with Gasteiger partial charge in [-0.15, -0.1) is 0 Å². The number of nitrogens with one attached hydrogen (secondary N) is 1. The number of nitrogens with zero attached hydrogens (tertiary/aromatic N) is 6. The maximum absolute atomic E-state index is 15.3. The second-order valence-electron chi connectivity index (χ2n) is 10.3. The number of benzene rings is 1. The number of halogens is 2. The molecule has 196 valence electrons. The summed E-state index contributed by atoms with van der Waals surface area (Å²) in [6.07, 6.45) is 7.02. The van der Waals surface area contributed by atoms with E-state index in [-0.39, 0.29) is 17.3 Å². The Labute approximate surface area is 220 Å². The van der Waals surface area contributed by atoms with Crippen molar-refractivity contribution in [1.82, 2.24) is 14.9 Å². The molecule has 0 unspecified atom stereocenters. The van der Waals surface area contributed by atoms with Gasteiger partial charge in [-0.25, -0.2) is 8.78 Å². The largest absolute Gasteiger partial charge is 0.421 e. The summed E-state index contributed by atoms with van der Waals surface area (Å²) in [7, 11) is 0. The Balaban J connectivity index is 1.28. The molecular formula is C28H29F2N7O. The maximum Gasteiger partial charge on any atom is 0.326 e. The standard InChI is InChI=1S/C28H29F2N7O/c1-17-11-20-21(12-17)27(30)23(14-22(20)29)38-28-34-25(33-24-13-19(16-32-24)18-3-4-18)15-26(35-28)37-9-7-36(8-10-37)6-2-5-31/h12-15,18H,2-4,6-11,16H2,1H3,(H,32,33,34,35). The van der Waals surface area contributed by atoms with Gasteiger partial charge in [0.25, 0.3) is 0 Å². The van der Waals surface area contributed by atoms with E-state index < -0.39 is 11.6 Å². The fraction of sp³-hybridized carbons (Fsp3) is 0.429. The molecule has 1 saturated heterocycles. The molecule has 1 aromatic heterocycles. The number of nitriles is 1. The van der Waals surface area contributed by atoms with Crippen LogP contribution in [-0.4, -0.2) is 60.0 Å². The number of aromatic nitrogens is 2. The zero-order valence-corrected chi connectivity index (χ0v) is 21.3. The van der Waals surface area contributed by atoms with Crippen molar-refractivity contribution in [3.05, 3.63) is 52.1 Å². The molecule has 4 aliphatic rings. The molecule has 10 heteroatoms. The van der Waals surface area contributed by atoms with Crippen LogP contribution in [0, 0.1) is 28.9 Å². The minimum atomic E-state index is -0.620. The third kappa shape index (κ3) is 5.11. The monoisotopic (exact) mass is 517 g/mol. The van der Waals surface area contributed by atoms with Crippen molar-refractivity contribution in [3.63, 3.8) is 0 Å². The summed E-state index contributed by atoms with van der Waals surface area (Å²) >= 11 is 0. The highest BCUT2D eigenvalue weighted by molar-refractivity contribution is 6.05. The lowest BCUT2D eigenvalue weighted by molar-refractivity contribution is 0.262. The molecule has 0 radical (unpaired) electrons. The van der Waals surface area contributed by atoms with Crippen molar-refractivity contribution in [2.45, 2.75) is 32.6 Å². The van der Waals surface area contributed by atoms with E-state index in [1.807, 2.05) is 13.0 Å².